The third-order valence-corrected chi connectivity index (χ3v) is 5.85. The number of ketones is 1. The Kier molecular flexibility index (Phi) is 7.13. The normalized spacial score (nSPS) is 17.9. The van der Waals surface area contributed by atoms with Gasteiger partial charge in [0.2, 0.25) is 0 Å². The van der Waals surface area contributed by atoms with Gasteiger partial charge in [0.25, 0.3) is 0 Å². The van der Waals surface area contributed by atoms with Gasteiger partial charge in [0.1, 0.15) is 24.7 Å². The van der Waals surface area contributed by atoms with Crippen LogP contribution in [-0.2, 0) is 14.3 Å². The number of dihydropyridines is 1. The van der Waals surface area contributed by atoms with Gasteiger partial charge in [0.05, 0.1) is 12.2 Å². The first-order chi connectivity index (χ1) is 16.1. The number of benzene rings is 2. The lowest BCUT2D eigenvalue weighted by Gasteiger charge is -2.34. The van der Waals surface area contributed by atoms with Gasteiger partial charge in [-0.3, -0.25) is 4.79 Å². The SMILES string of the molecule is CCOc1ccc([C@H]2C(C(=O)OCCOc3ccccc3)=C(C)NC3=C2C(=O)CCC3)cc1. The summed E-state index contributed by atoms with van der Waals surface area (Å²) in [6.45, 7) is 4.72. The van der Waals surface area contributed by atoms with Crippen molar-refractivity contribution < 1.29 is 23.8 Å². The number of allylic oxidation sites excluding steroid dienone is 3. The molecule has 1 atom stereocenters. The van der Waals surface area contributed by atoms with Gasteiger partial charge in [-0.05, 0) is 56.5 Å². The van der Waals surface area contributed by atoms with Crippen LogP contribution in [0.2, 0.25) is 0 Å². The highest BCUT2D eigenvalue weighted by Gasteiger charge is 2.39. The molecule has 33 heavy (non-hydrogen) atoms. The standard InChI is InChI=1S/C27H29NO5/c1-3-31-21-14-12-19(13-15-21)25-24(18(2)28-22-10-7-11-23(29)26(22)25)27(30)33-17-16-32-20-8-5-4-6-9-20/h4-6,8-9,12-15,25,28H,3,7,10-11,16-17H2,1-2H3/t25-/m0/s1. The van der Waals surface area contributed by atoms with Gasteiger partial charge < -0.3 is 19.5 Å². The minimum atomic E-state index is -0.465. The van der Waals surface area contributed by atoms with Gasteiger partial charge in [-0.15, -0.1) is 0 Å². The summed E-state index contributed by atoms with van der Waals surface area (Å²) in [6, 6.07) is 17.0. The summed E-state index contributed by atoms with van der Waals surface area (Å²) in [7, 11) is 0. The molecule has 1 N–H and O–H groups in total. The predicted molar refractivity (Wildman–Crippen MR) is 125 cm³/mol. The lowest BCUT2D eigenvalue weighted by atomic mass is 9.75. The first-order valence-electron chi connectivity index (χ1n) is 11.4. The van der Waals surface area contributed by atoms with E-state index in [0.29, 0.717) is 24.2 Å². The third kappa shape index (κ3) is 5.11. The Bertz CT molecular complexity index is 1070. The first-order valence-corrected chi connectivity index (χ1v) is 11.4. The minimum Gasteiger partial charge on any atom is -0.494 e. The summed E-state index contributed by atoms with van der Waals surface area (Å²) in [4.78, 5) is 26.2. The van der Waals surface area contributed by atoms with Crippen molar-refractivity contribution in [1.29, 1.82) is 0 Å². The molecule has 0 unspecified atom stereocenters. The van der Waals surface area contributed by atoms with Crippen molar-refractivity contribution in [3.05, 3.63) is 82.7 Å². The Balaban J connectivity index is 1.56. The topological polar surface area (TPSA) is 73.9 Å². The maximum absolute atomic E-state index is 13.2. The van der Waals surface area contributed by atoms with E-state index in [4.69, 9.17) is 14.2 Å². The molecule has 0 spiro atoms. The molecule has 0 saturated carbocycles. The van der Waals surface area contributed by atoms with Crippen molar-refractivity contribution in [2.45, 2.75) is 39.0 Å². The molecule has 2 aromatic rings. The molecular formula is C27H29NO5. The maximum Gasteiger partial charge on any atom is 0.336 e. The van der Waals surface area contributed by atoms with Crippen LogP contribution < -0.4 is 14.8 Å². The first kappa shape index (κ1) is 22.6. The smallest absolute Gasteiger partial charge is 0.336 e. The van der Waals surface area contributed by atoms with E-state index in [2.05, 4.69) is 5.32 Å². The molecule has 1 aliphatic carbocycles. The van der Waals surface area contributed by atoms with Gasteiger partial charge in [0, 0.05) is 29.3 Å². The summed E-state index contributed by atoms with van der Waals surface area (Å²) >= 11 is 0. The number of carbonyl (C=O) groups is 2. The maximum atomic E-state index is 13.2. The molecular weight excluding hydrogens is 418 g/mol. The molecule has 0 fully saturated rings. The second kappa shape index (κ2) is 10.4. The summed E-state index contributed by atoms with van der Waals surface area (Å²) in [5.74, 6) is 0.640. The van der Waals surface area contributed by atoms with Gasteiger partial charge in [-0.2, -0.15) is 0 Å². The number of hydrogen-bond acceptors (Lipinski definition) is 6. The quantitative estimate of drug-likeness (QED) is 0.468. The van der Waals surface area contributed by atoms with Crippen LogP contribution in [0.5, 0.6) is 11.5 Å². The zero-order valence-electron chi connectivity index (χ0n) is 19.1. The summed E-state index contributed by atoms with van der Waals surface area (Å²) < 4.78 is 16.8. The zero-order chi connectivity index (χ0) is 23.2. The zero-order valence-corrected chi connectivity index (χ0v) is 19.1. The van der Waals surface area contributed by atoms with Crippen LogP contribution >= 0.6 is 0 Å². The molecule has 0 bridgehead atoms. The Morgan fingerprint density at radius 3 is 2.42 bits per heavy atom. The minimum absolute atomic E-state index is 0.0767. The van der Waals surface area contributed by atoms with Crippen LogP contribution in [0, 0.1) is 0 Å². The second-order valence-electron chi connectivity index (χ2n) is 8.07. The highest BCUT2D eigenvalue weighted by molar-refractivity contribution is 6.03. The number of nitrogens with one attached hydrogen (secondary N) is 1. The van der Waals surface area contributed by atoms with Gasteiger partial charge in [-0.25, -0.2) is 4.79 Å². The van der Waals surface area contributed by atoms with Crippen LogP contribution in [0.3, 0.4) is 0 Å². The molecule has 0 amide bonds. The van der Waals surface area contributed by atoms with E-state index in [0.717, 1.165) is 41.3 Å². The van der Waals surface area contributed by atoms with Crippen molar-refractivity contribution in [2.24, 2.45) is 0 Å². The Morgan fingerprint density at radius 1 is 0.970 bits per heavy atom. The third-order valence-electron chi connectivity index (χ3n) is 5.85. The van der Waals surface area contributed by atoms with E-state index in [1.165, 1.54) is 0 Å². The molecule has 4 rings (SSSR count). The Hall–Kier alpha value is -3.54. The highest BCUT2D eigenvalue weighted by Crippen LogP contribution is 2.42. The van der Waals surface area contributed by atoms with E-state index >= 15 is 0 Å². The summed E-state index contributed by atoms with van der Waals surface area (Å²) in [5, 5.41) is 3.31. The molecule has 172 valence electrons. The van der Waals surface area contributed by atoms with Gasteiger partial charge >= 0.3 is 5.97 Å². The molecule has 6 heteroatoms. The number of para-hydroxylation sites is 1. The fraction of sp³-hybridized carbons (Fsp3) is 0.333. The highest BCUT2D eigenvalue weighted by atomic mass is 16.6. The van der Waals surface area contributed by atoms with E-state index in [1.807, 2.05) is 68.4 Å². The summed E-state index contributed by atoms with van der Waals surface area (Å²) in [6.07, 6.45) is 2.09. The van der Waals surface area contributed by atoms with Crippen molar-refractivity contribution in [2.75, 3.05) is 19.8 Å². The van der Waals surface area contributed by atoms with Crippen LogP contribution in [0.1, 0.15) is 44.6 Å². The van der Waals surface area contributed by atoms with Crippen molar-refractivity contribution in [1.82, 2.24) is 5.32 Å². The number of carbonyl (C=O) groups excluding carboxylic acids is 2. The van der Waals surface area contributed by atoms with Gasteiger partial charge in [0.15, 0.2) is 5.78 Å². The molecule has 1 aliphatic heterocycles. The van der Waals surface area contributed by atoms with Crippen LogP contribution in [0.4, 0.5) is 0 Å². The largest absolute Gasteiger partial charge is 0.494 e. The summed E-state index contributed by atoms with van der Waals surface area (Å²) in [5.41, 5.74) is 3.63. The number of rotatable bonds is 8. The molecule has 6 nitrogen and oxygen atoms in total. The number of esters is 1. The van der Waals surface area contributed by atoms with Crippen molar-refractivity contribution in [3.63, 3.8) is 0 Å². The van der Waals surface area contributed by atoms with E-state index < -0.39 is 11.9 Å². The molecule has 2 aromatic carbocycles. The molecule has 1 heterocycles. The Labute approximate surface area is 194 Å². The fourth-order valence-corrected chi connectivity index (χ4v) is 4.40. The molecule has 0 saturated heterocycles. The number of Topliss-reactive ketones (excluding diaryl/α,β-unsaturated/α-hetero) is 1. The average molecular weight is 448 g/mol. The van der Waals surface area contributed by atoms with E-state index in [-0.39, 0.29) is 19.0 Å². The Morgan fingerprint density at radius 2 is 1.70 bits per heavy atom. The van der Waals surface area contributed by atoms with E-state index in [1.54, 1.807) is 0 Å². The van der Waals surface area contributed by atoms with Crippen LogP contribution in [0.15, 0.2) is 77.1 Å². The molecule has 0 radical (unpaired) electrons. The molecule has 2 aliphatic rings. The van der Waals surface area contributed by atoms with Crippen molar-refractivity contribution >= 4 is 11.8 Å². The fourth-order valence-electron chi connectivity index (χ4n) is 4.40. The van der Waals surface area contributed by atoms with E-state index in [9.17, 15) is 9.59 Å². The second-order valence-corrected chi connectivity index (χ2v) is 8.07. The molecule has 0 aromatic heterocycles. The van der Waals surface area contributed by atoms with Gasteiger partial charge in [-0.1, -0.05) is 30.3 Å². The predicted octanol–water partition coefficient (Wildman–Crippen LogP) is 4.68. The average Bonchev–Trinajstić information content (AvgIpc) is 2.82. The van der Waals surface area contributed by atoms with Crippen LogP contribution in [0.25, 0.3) is 0 Å². The lowest BCUT2D eigenvalue weighted by molar-refractivity contribution is -0.140. The van der Waals surface area contributed by atoms with Crippen molar-refractivity contribution in [3.8, 4) is 11.5 Å². The lowest BCUT2D eigenvalue weighted by Crippen LogP contribution is -2.34. The van der Waals surface area contributed by atoms with Crippen LogP contribution in [-0.4, -0.2) is 31.6 Å². The number of hydrogen-bond donors (Lipinski definition) is 1. The monoisotopic (exact) mass is 447 g/mol. The number of ether oxygens (including phenoxy) is 3.